The number of allylic oxidation sites excluding steroid dienone is 2. The molecule has 0 aromatic carbocycles. The second-order valence-electron chi connectivity index (χ2n) is 7.04. The van der Waals surface area contributed by atoms with Gasteiger partial charge in [0.15, 0.2) is 0 Å². The first-order valence-corrected chi connectivity index (χ1v) is 9.28. The number of carbonyl (C=O) groups is 2. The van der Waals surface area contributed by atoms with E-state index in [-0.39, 0.29) is 17.9 Å². The number of piperidine rings is 1. The number of ether oxygens (including phenoxy) is 1. The van der Waals surface area contributed by atoms with Gasteiger partial charge in [0.2, 0.25) is 5.91 Å². The summed E-state index contributed by atoms with van der Waals surface area (Å²) in [6.07, 6.45) is 9.32. The summed E-state index contributed by atoms with van der Waals surface area (Å²) >= 11 is 0. The van der Waals surface area contributed by atoms with Crippen LogP contribution in [0.15, 0.2) is 12.2 Å². The van der Waals surface area contributed by atoms with Crippen LogP contribution in [0, 0.1) is 11.8 Å². The molecule has 0 aromatic rings. The van der Waals surface area contributed by atoms with Crippen LogP contribution in [0.4, 0.5) is 4.79 Å². The van der Waals surface area contributed by atoms with E-state index < -0.39 is 0 Å². The van der Waals surface area contributed by atoms with Crippen molar-refractivity contribution in [1.29, 1.82) is 0 Å². The fraction of sp³-hybridized carbons (Fsp3) is 0.778. The molecule has 0 radical (unpaired) electrons. The van der Waals surface area contributed by atoms with E-state index in [1.165, 1.54) is 0 Å². The van der Waals surface area contributed by atoms with Crippen LogP contribution in [0.2, 0.25) is 0 Å². The van der Waals surface area contributed by atoms with Gasteiger partial charge in [-0.2, -0.15) is 0 Å². The number of nitrogens with one attached hydrogen (secondary N) is 1. The molecular formula is C18H29N3O3. The summed E-state index contributed by atoms with van der Waals surface area (Å²) in [5, 5.41) is 3.07. The molecule has 0 unspecified atom stereocenters. The van der Waals surface area contributed by atoms with E-state index in [0.29, 0.717) is 45.3 Å². The third-order valence-electron chi connectivity index (χ3n) is 5.37. The Kier molecular flexibility index (Phi) is 6.12. The fourth-order valence-electron chi connectivity index (χ4n) is 3.76. The Morgan fingerprint density at radius 3 is 2.42 bits per heavy atom. The van der Waals surface area contributed by atoms with Gasteiger partial charge in [-0.05, 0) is 38.0 Å². The lowest BCUT2D eigenvalue weighted by Gasteiger charge is -2.35. The summed E-state index contributed by atoms with van der Waals surface area (Å²) < 4.78 is 5.30. The number of nitrogens with zero attached hydrogens (tertiary/aromatic N) is 2. The molecule has 3 aliphatic rings. The highest BCUT2D eigenvalue weighted by Gasteiger charge is 2.30. The van der Waals surface area contributed by atoms with Gasteiger partial charge in [-0.1, -0.05) is 12.2 Å². The van der Waals surface area contributed by atoms with Gasteiger partial charge in [0, 0.05) is 38.6 Å². The van der Waals surface area contributed by atoms with E-state index in [1.807, 2.05) is 9.80 Å². The van der Waals surface area contributed by atoms with Gasteiger partial charge in [-0.25, -0.2) is 4.79 Å². The molecule has 1 atom stereocenters. The predicted octanol–water partition coefficient (Wildman–Crippen LogP) is 1.62. The minimum Gasteiger partial charge on any atom is -0.378 e. The third kappa shape index (κ3) is 4.50. The van der Waals surface area contributed by atoms with E-state index in [4.69, 9.17) is 4.74 Å². The summed E-state index contributed by atoms with van der Waals surface area (Å²) in [6, 6.07) is 0.0295. The molecule has 0 saturated carbocycles. The maximum Gasteiger partial charge on any atom is 0.317 e. The summed E-state index contributed by atoms with van der Waals surface area (Å²) in [5.41, 5.74) is 0. The summed E-state index contributed by atoms with van der Waals surface area (Å²) in [6.45, 7) is 4.81. The molecule has 0 aromatic heterocycles. The predicted molar refractivity (Wildman–Crippen MR) is 91.6 cm³/mol. The molecule has 6 nitrogen and oxygen atoms in total. The maximum atomic E-state index is 12.5. The Morgan fingerprint density at radius 2 is 1.75 bits per heavy atom. The SMILES string of the molecule is O=C(NC[C@@H]1CC=CCC1)N1CCC(C(=O)N2CCOCC2)CC1. The molecular weight excluding hydrogens is 306 g/mol. The van der Waals surface area contributed by atoms with Crippen LogP contribution < -0.4 is 5.32 Å². The molecule has 0 spiro atoms. The number of amides is 3. The molecule has 1 aliphatic carbocycles. The van der Waals surface area contributed by atoms with Crippen LogP contribution in [0.3, 0.4) is 0 Å². The van der Waals surface area contributed by atoms with Gasteiger partial charge < -0.3 is 19.9 Å². The van der Waals surface area contributed by atoms with Gasteiger partial charge in [0.1, 0.15) is 0 Å². The van der Waals surface area contributed by atoms with Crippen molar-refractivity contribution in [3.63, 3.8) is 0 Å². The minimum atomic E-state index is 0.0295. The maximum absolute atomic E-state index is 12.5. The Balaban J connectivity index is 1.38. The molecule has 134 valence electrons. The zero-order chi connectivity index (χ0) is 16.8. The molecule has 2 fully saturated rings. The van der Waals surface area contributed by atoms with E-state index >= 15 is 0 Å². The molecule has 3 rings (SSSR count). The standard InChI is InChI=1S/C18H29N3O3/c22-17(20-10-12-24-13-11-20)16-6-8-21(9-7-16)18(23)19-14-15-4-2-1-3-5-15/h1-2,15-16H,3-14H2,(H,19,23)/t15-/m1/s1. The van der Waals surface area contributed by atoms with Crippen LogP contribution in [-0.4, -0.2) is 67.7 Å². The van der Waals surface area contributed by atoms with Crippen molar-refractivity contribution in [3.05, 3.63) is 12.2 Å². The third-order valence-corrected chi connectivity index (χ3v) is 5.37. The normalized spacial score (nSPS) is 25.6. The van der Waals surface area contributed by atoms with Crippen molar-refractivity contribution < 1.29 is 14.3 Å². The lowest BCUT2D eigenvalue weighted by Crippen LogP contribution is -2.49. The lowest BCUT2D eigenvalue weighted by molar-refractivity contribution is -0.141. The molecule has 2 heterocycles. The number of hydrogen-bond donors (Lipinski definition) is 1. The molecule has 0 bridgehead atoms. The van der Waals surface area contributed by atoms with E-state index in [0.717, 1.165) is 38.6 Å². The number of urea groups is 1. The van der Waals surface area contributed by atoms with Crippen LogP contribution >= 0.6 is 0 Å². The van der Waals surface area contributed by atoms with Gasteiger partial charge >= 0.3 is 6.03 Å². The molecule has 24 heavy (non-hydrogen) atoms. The van der Waals surface area contributed by atoms with Crippen molar-refractivity contribution >= 4 is 11.9 Å². The quantitative estimate of drug-likeness (QED) is 0.797. The highest BCUT2D eigenvalue weighted by molar-refractivity contribution is 5.80. The monoisotopic (exact) mass is 335 g/mol. The van der Waals surface area contributed by atoms with Crippen LogP contribution in [0.25, 0.3) is 0 Å². The summed E-state index contributed by atoms with van der Waals surface area (Å²) in [4.78, 5) is 28.6. The van der Waals surface area contributed by atoms with Gasteiger partial charge in [-0.15, -0.1) is 0 Å². The number of carbonyl (C=O) groups excluding carboxylic acids is 2. The first-order chi connectivity index (χ1) is 11.7. The summed E-state index contributed by atoms with van der Waals surface area (Å²) in [5.74, 6) is 0.877. The highest BCUT2D eigenvalue weighted by Crippen LogP contribution is 2.21. The second kappa shape index (κ2) is 8.51. The van der Waals surface area contributed by atoms with Gasteiger partial charge in [0.05, 0.1) is 13.2 Å². The Bertz CT molecular complexity index is 466. The molecule has 2 aliphatic heterocycles. The van der Waals surface area contributed by atoms with E-state index in [2.05, 4.69) is 17.5 Å². The highest BCUT2D eigenvalue weighted by atomic mass is 16.5. The lowest BCUT2D eigenvalue weighted by atomic mass is 9.94. The second-order valence-corrected chi connectivity index (χ2v) is 7.04. The Morgan fingerprint density at radius 1 is 1.00 bits per heavy atom. The Hall–Kier alpha value is -1.56. The van der Waals surface area contributed by atoms with Crippen molar-refractivity contribution in [1.82, 2.24) is 15.1 Å². The van der Waals surface area contributed by atoms with Crippen molar-refractivity contribution in [3.8, 4) is 0 Å². The number of hydrogen-bond acceptors (Lipinski definition) is 3. The zero-order valence-electron chi connectivity index (χ0n) is 14.4. The first-order valence-electron chi connectivity index (χ1n) is 9.28. The molecule has 6 heteroatoms. The van der Waals surface area contributed by atoms with E-state index in [9.17, 15) is 9.59 Å². The van der Waals surface area contributed by atoms with Crippen LogP contribution in [-0.2, 0) is 9.53 Å². The van der Waals surface area contributed by atoms with Gasteiger partial charge in [-0.3, -0.25) is 4.79 Å². The average Bonchev–Trinajstić information content (AvgIpc) is 2.67. The number of rotatable bonds is 3. The number of likely N-dealkylation sites (tertiary alicyclic amines) is 1. The topological polar surface area (TPSA) is 61.9 Å². The van der Waals surface area contributed by atoms with Crippen molar-refractivity contribution in [2.24, 2.45) is 11.8 Å². The van der Waals surface area contributed by atoms with Crippen LogP contribution in [0.1, 0.15) is 32.1 Å². The van der Waals surface area contributed by atoms with E-state index in [1.54, 1.807) is 0 Å². The van der Waals surface area contributed by atoms with Crippen LogP contribution in [0.5, 0.6) is 0 Å². The van der Waals surface area contributed by atoms with Crippen molar-refractivity contribution in [2.45, 2.75) is 32.1 Å². The fourth-order valence-corrected chi connectivity index (χ4v) is 3.76. The molecule has 2 saturated heterocycles. The zero-order valence-corrected chi connectivity index (χ0v) is 14.4. The largest absolute Gasteiger partial charge is 0.378 e. The van der Waals surface area contributed by atoms with Crippen molar-refractivity contribution in [2.75, 3.05) is 45.9 Å². The minimum absolute atomic E-state index is 0.0295. The molecule has 1 N–H and O–H groups in total. The first kappa shape index (κ1) is 17.3. The Labute approximate surface area is 144 Å². The smallest absolute Gasteiger partial charge is 0.317 e. The van der Waals surface area contributed by atoms with Gasteiger partial charge in [0.25, 0.3) is 0 Å². The molecule has 3 amide bonds. The average molecular weight is 335 g/mol. The number of morpholine rings is 1. The summed E-state index contributed by atoms with van der Waals surface area (Å²) in [7, 11) is 0.